The summed E-state index contributed by atoms with van der Waals surface area (Å²) >= 11 is 0. The Bertz CT molecular complexity index is 1340. The molecule has 66 heavy (non-hydrogen) atoms. The number of nitrogens with one attached hydrogen (secondary N) is 6. The minimum Gasteiger partial charge on any atom is -0.481 e. The van der Waals surface area contributed by atoms with Gasteiger partial charge in [0.25, 0.3) is 0 Å². The Morgan fingerprint density at radius 2 is 0.773 bits per heavy atom. The summed E-state index contributed by atoms with van der Waals surface area (Å²) in [5, 5.41) is 69.8. The normalized spacial score (nSPS) is 13.4. The summed E-state index contributed by atoms with van der Waals surface area (Å²) < 4.78 is 43.2. The van der Waals surface area contributed by atoms with E-state index in [1.807, 2.05) is 0 Å². The number of ether oxygens (including phenoxy) is 8. The van der Waals surface area contributed by atoms with Gasteiger partial charge in [0.2, 0.25) is 35.4 Å². The Morgan fingerprint density at radius 1 is 0.424 bits per heavy atom. The predicted octanol–water partition coefficient (Wildman–Crippen LogP) is -8.17. The van der Waals surface area contributed by atoms with E-state index in [1.54, 1.807) is 0 Å². The molecule has 0 aromatic heterocycles. The number of amides is 6. The number of carbonyl (C=O) groups excluding carboxylic acids is 6. The Balaban J connectivity index is 3.47. The highest BCUT2D eigenvalue weighted by Gasteiger charge is 2.30. The van der Waals surface area contributed by atoms with Gasteiger partial charge in [-0.05, 0) is 6.42 Å². The van der Waals surface area contributed by atoms with E-state index in [0.717, 1.165) is 0 Å². The SMILES string of the molecule is N[C@@H](CCC(=O)O)C(=O)NCC(=O)NCC(=O)NCC(=O)NCC(=O)NCCOCCOCCOCCOCCOCCOCCOCCOCCC(=O)NC[C@H](O)[C@@H](O)[C@H](O)[C@H](O)CO. The number of aliphatic carboxylic acids is 1. The number of carbonyl (C=O) groups is 7. The molecule has 14 N–H and O–H groups in total. The zero-order chi connectivity index (χ0) is 49.2. The van der Waals surface area contributed by atoms with Crippen molar-refractivity contribution in [3.8, 4) is 0 Å². The number of aliphatic hydroxyl groups is 5. The molecular weight excluding hydrogens is 890 g/mol. The molecule has 0 aliphatic rings. The smallest absolute Gasteiger partial charge is 0.303 e. The average molecular weight is 962 g/mol. The van der Waals surface area contributed by atoms with E-state index in [-0.39, 0.29) is 71.9 Å². The maximum Gasteiger partial charge on any atom is 0.303 e. The van der Waals surface area contributed by atoms with Crippen LogP contribution in [0.5, 0.6) is 0 Å². The third-order valence-corrected chi connectivity index (χ3v) is 8.25. The minimum atomic E-state index is -1.77. The zero-order valence-corrected chi connectivity index (χ0v) is 37.2. The van der Waals surface area contributed by atoms with Gasteiger partial charge in [0.1, 0.15) is 18.3 Å². The molecule has 0 rings (SSSR count). The molecule has 0 saturated heterocycles. The van der Waals surface area contributed by atoms with Gasteiger partial charge in [0.15, 0.2) is 0 Å². The molecule has 0 aliphatic carbocycles. The van der Waals surface area contributed by atoms with E-state index in [0.29, 0.717) is 72.7 Å². The molecule has 0 aromatic rings. The topological polar surface area (TPSA) is 413 Å². The van der Waals surface area contributed by atoms with E-state index >= 15 is 0 Å². The lowest BCUT2D eigenvalue weighted by atomic mass is 10.0. The highest BCUT2D eigenvalue weighted by molar-refractivity contribution is 5.91. The molecule has 0 aliphatic heterocycles. The van der Waals surface area contributed by atoms with Crippen LogP contribution in [-0.2, 0) is 71.5 Å². The Labute approximate surface area is 382 Å². The van der Waals surface area contributed by atoms with Crippen molar-refractivity contribution in [2.24, 2.45) is 5.73 Å². The molecule has 0 radical (unpaired) electrons. The third-order valence-electron chi connectivity index (χ3n) is 8.25. The maximum absolute atomic E-state index is 11.9. The van der Waals surface area contributed by atoms with Crippen molar-refractivity contribution >= 4 is 41.4 Å². The van der Waals surface area contributed by atoms with Crippen LogP contribution >= 0.6 is 0 Å². The van der Waals surface area contributed by atoms with Gasteiger partial charge in [-0.15, -0.1) is 0 Å². The lowest BCUT2D eigenvalue weighted by molar-refractivity contribution is -0.137. The Kier molecular flexibility index (Phi) is 39.4. The van der Waals surface area contributed by atoms with Crippen LogP contribution in [0.15, 0.2) is 0 Å². The third kappa shape index (κ3) is 37.9. The number of hydrogen-bond donors (Lipinski definition) is 13. The van der Waals surface area contributed by atoms with Crippen molar-refractivity contribution in [3.05, 3.63) is 0 Å². The summed E-state index contributed by atoms with van der Waals surface area (Å²) in [5.74, 6) is -4.82. The summed E-state index contributed by atoms with van der Waals surface area (Å²) in [6.07, 6.45) is -7.12. The fourth-order valence-electron chi connectivity index (χ4n) is 4.55. The van der Waals surface area contributed by atoms with Gasteiger partial charge in [0.05, 0.1) is 151 Å². The van der Waals surface area contributed by atoms with Gasteiger partial charge in [0, 0.05) is 25.9 Å². The number of carboxylic acids is 1. The molecule has 6 amide bonds. The first kappa shape index (κ1) is 61.7. The molecule has 384 valence electrons. The van der Waals surface area contributed by atoms with Gasteiger partial charge >= 0.3 is 5.97 Å². The first-order valence-corrected chi connectivity index (χ1v) is 21.2. The highest BCUT2D eigenvalue weighted by atomic mass is 16.6. The molecule has 28 heteroatoms. The lowest BCUT2D eigenvalue weighted by Crippen LogP contribution is -2.49. The average Bonchev–Trinajstić information content (AvgIpc) is 3.30. The minimum absolute atomic E-state index is 0.00913. The standard InChI is InChI=1S/C38H71N7O21/c39-27(1-2-35(54)55)38(58)45-25-34(53)44-24-33(52)43-23-32(51)42-22-31(50)40-4-6-60-8-10-62-12-14-64-16-18-66-20-19-65-17-15-63-13-11-61-9-7-59-5-3-30(49)41-21-28(47)36(56)37(57)29(48)26-46/h27-29,36-37,46-48,56-57H,1-26,39H2,(H,40,50)(H,41,49)(H,42,51)(H,43,52)(H,44,53)(H,45,58)(H,54,55)/t27-,28-,29+,36+,37+/m0/s1. The molecule has 0 spiro atoms. The Hall–Kier alpha value is -4.27. The van der Waals surface area contributed by atoms with Crippen LogP contribution in [0.2, 0.25) is 0 Å². The van der Waals surface area contributed by atoms with Crippen molar-refractivity contribution in [3.63, 3.8) is 0 Å². The fraction of sp³-hybridized carbons (Fsp3) is 0.816. The second kappa shape index (κ2) is 42.1. The predicted molar refractivity (Wildman–Crippen MR) is 225 cm³/mol. The zero-order valence-electron chi connectivity index (χ0n) is 37.2. The molecule has 0 bridgehead atoms. The van der Waals surface area contributed by atoms with Crippen molar-refractivity contribution in [2.75, 3.05) is 152 Å². The molecule has 5 atom stereocenters. The number of rotatable bonds is 45. The van der Waals surface area contributed by atoms with Crippen LogP contribution in [0.3, 0.4) is 0 Å². The van der Waals surface area contributed by atoms with Gasteiger partial charge in [-0.1, -0.05) is 0 Å². The fourth-order valence-corrected chi connectivity index (χ4v) is 4.55. The van der Waals surface area contributed by atoms with Crippen LogP contribution in [0, 0.1) is 0 Å². The second-order valence-electron chi connectivity index (χ2n) is 13.7. The van der Waals surface area contributed by atoms with E-state index in [4.69, 9.17) is 53.8 Å². The summed E-state index contributed by atoms with van der Waals surface area (Å²) in [7, 11) is 0. The second-order valence-corrected chi connectivity index (χ2v) is 13.7. The largest absolute Gasteiger partial charge is 0.481 e. The monoisotopic (exact) mass is 961 g/mol. The molecule has 0 fully saturated rings. The molecule has 0 heterocycles. The van der Waals surface area contributed by atoms with E-state index < -0.39 is 98.1 Å². The first-order valence-electron chi connectivity index (χ1n) is 21.2. The molecular formula is C38H71N7O21. The van der Waals surface area contributed by atoms with Crippen LogP contribution in [0.25, 0.3) is 0 Å². The number of hydrogen-bond acceptors (Lipinski definition) is 21. The molecule has 0 unspecified atom stereocenters. The number of aliphatic hydroxyl groups excluding tert-OH is 5. The van der Waals surface area contributed by atoms with Crippen LogP contribution in [-0.4, -0.2) is 254 Å². The highest BCUT2D eigenvalue weighted by Crippen LogP contribution is 2.04. The number of carboxylic acid groups (broad SMARTS) is 1. The van der Waals surface area contributed by atoms with E-state index in [2.05, 4.69) is 31.9 Å². The van der Waals surface area contributed by atoms with Crippen LogP contribution in [0.4, 0.5) is 0 Å². The Morgan fingerprint density at radius 3 is 1.17 bits per heavy atom. The summed E-state index contributed by atoms with van der Waals surface area (Å²) in [4.78, 5) is 81.5. The van der Waals surface area contributed by atoms with Crippen molar-refractivity contribution in [1.29, 1.82) is 0 Å². The van der Waals surface area contributed by atoms with Crippen molar-refractivity contribution < 1.29 is 102 Å². The van der Waals surface area contributed by atoms with Crippen LogP contribution in [0.1, 0.15) is 19.3 Å². The number of nitrogens with two attached hydrogens (primary N) is 1. The van der Waals surface area contributed by atoms with Gasteiger partial charge in [-0.25, -0.2) is 0 Å². The van der Waals surface area contributed by atoms with Gasteiger partial charge < -0.3 is 106 Å². The van der Waals surface area contributed by atoms with E-state index in [1.165, 1.54) is 0 Å². The van der Waals surface area contributed by atoms with Crippen LogP contribution < -0.4 is 37.6 Å². The van der Waals surface area contributed by atoms with Gasteiger partial charge in [-0.2, -0.15) is 0 Å². The maximum atomic E-state index is 11.9. The summed E-state index contributed by atoms with van der Waals surface area (Å²) in [6, 6.07) is -1.11. The molecule has 0 aromatic carbocycles. The summed E-state index contributed by atoms with van der Waals surface area (Å²) in [6.45, 7) is 2.40. The quantitative estimate of drug-likeness (QED) is 0.0252. The summed E-state index contributed by atoms with van der Waals surface area (Å²) in [5.41, 5.74) is 5.53. The first-order chi connectivity index (χ1) is 31.7. The molecule has 28 nitrogen and oxygen atoms in total. The van der Waals surface area contributed by atoms with Gasteiger partial charge in [-0.3, -0.25) is 33.6 Å². The van der Waals surface area contributed by atoms with Crippen molar-refractivity contribution in [1.82, 2.24) is 31.9 Å². The lowest BCUT2D eigenvalue weighted by Gasteiger charge is -2.25. The molecule has 0 saturated carbocycles. The van der Waals surface area contributed by atoms with E-state index in [9.17, 15) is 54.0 Å². The van der Waals surface area contributed by atoms with Crippen molar-refractivity contribution in [2.45, 2.75) is 49.7 Å².